The zero-order chi connectivity index (χ0) is 12.0. The second kappa shape index (κ2) is 6.74. The van der Waals surface area contributed by atoms with Crippen LogP contribution in [0.2, 0.25) is 0 Å². The number of carbonyl (C=O) groups excluding carboxylic acids is 1. The van der Waals surface area contributed by atoms with Crippen LogP contribution in [-0.4, -0.2) is 11.5 Å². The maximum absolute atomic E-state index is 11.6. The molecule has 16 heavy (non-hydrogen) atoms. The van der Waals surface area contributed by atoms with E-state index in [0.717, 1.165) is 12.8 Å². The number of rotatable bonds is 6. The number of hydrogen-bond donors (Lipinski definition) is 0. The summed E-state index contributed by atoms with van der Waals surface area (Å²) in [5.74, 6) is 1.59. The molecule has 0 amide bonds. The zero-order valence-corrected chi connectivity index (χ0v) is 11.1. The van der Waals surface area contributed by atoms with Crippen LogP contribution < -0.4 is 0 Å². The van der Waals surface area contributed by atoms with E-state index in [9.17, 15) is 4.79 Å². The Bertz CT molecular complexity index is 344. The van der Waals surface area contributed by atoms with E-state index in [2.05, 4.69) is 39.0 Å². The first-order valence-electron chi connectivity index (χ1n) is 5.79. The van der Waals surface area contributed by atoms with Gasteiger partial charge in [0.05, 0.1) is 5.75 Å². The molecule has 0 atom stereocenters. The lowest BCUT2D eigenvalue weighted by molar-refractivity contribution is -0.116. The van der Waals surface area contributed by atoms with Crippen molar-refractivity contribution < 1.29 is 4.79 Å². The van der Waals surface area contributed by atoms with Crippen LogP contribution in [-0.2, 0) is 4.79 Å². The van der Waals surface area contributed by atoms with Crippen molar-refractivity contribution in [3.8, 4) is 0 Å². The van der Waals surface area contributed by atoms with Crippen LogP contribution in [0, 0.1) is 12.8 Å². The SMILES string of the molecule is Cc1cccc(SCC(=O)CCC(C)C)c1. The molecule has 0 aliphatic heterocycles. The Hall–Kier alpha value is -0.760. The lowest BCUT2D eigenvalue weighted by Gasteiger charge is -2.04. The summed E-state index contributed by atoms with van der Waals surface area (Å²) in [5, 5.41) is 0. The largest absolute Gasteiger partial charge is 0.299 e. The number of benzene rings is 1. The van der Waals surface area contributed by atoms with Crippen molar-refractivity contribution >= 4 is 17.5 Å². The van der Waals surface area contributed by atoms with Crippen LogP contribution in [0.3, 0.4) is 0 Å². The number of aryl methyl sites for hydroxylation is 1. The molecule has 0 aliphatic rings. The zero-order valence-electron chi connectivity index (χ0n) is 10.3. The van der Waals surface area contributed by atoms with Gasteiger partial charge in [0, 0.05) is 11.3 Å². The van der Waals surface area contributed by atoms with Gasteiger partial charge in [-0.1, -0.05) is 31.5 Å². The van der Waals surface area contributed by atoms with Crippen molar-refractivity contribution in [2.75, 3.05) is 5.75 Å². The van der Waals surface area contributed by atoms with Gasteiger partial charge in [-0.05, 0) is 31.4 Å². The van der Waals surface area contributed by atoms with E-state index in [1.54, 1.807) is 11.8 Å². The van der Waals surface area contributed by atoms with E-state index >= 15 is 0 Å². The summed E-state index contributed by atoms with van der Waals surface area (Å²) in [7, 11) is 0. The summed E-state index contributed by atoms with van der Waals surface area (Å²) in [6.45, 7) is 6.38. The number of hydrogen-bond acceptors (Lipinski definition) is 2. The summed E-state index contributed by atoms with van der Waals surface area (Å²) in [4.78, 5) is 12.8. The highest BCUT2D eigenvalue weighted by Crippen LogP contribution is 2.19. The lowest BCUT2D eigenvalue weighted by atomic mass is 10.1. The molecular weight excluding hydrogens is 216 g/mol. The summed E-state index contributed by atoms with van der Waals surface area (Å²) in [6, 6.07) is 8.30. The third-order valence-corrected chi connectivity index (χ3v) is 3.44. The Kier molecular flexibility index (Phi) is 5.61. The molecular formula is C14H20OS. The maximum Gasteiger partial charge on any atom is 0.143 e. The number of carbonyl (C=O) groups is 1. The van der Waals surface area contributed by atoms with Gasteiger partial charge in [-0.15, -0.1) is 11.8 Å². The van der Waals surface area contributed by atoms with Gasteiger partial charge in [0.2, 0.25) is 0 Å². The monoisotopic (exact) mass is 236 g/mol. The average molecular weight is 236 g/mol. The predicted molar refractivity (Wildman–Crippen MR) is 71.0 cm³/mol. The minimum Gasteiger partial charge on any atom is -0.299 e. The van der Waals surface area contributed by atoms with E-state index in [-0.39, 0.29) is 0 Å². The molecule has 0 radical (unpaired) electrons. The molecule has 0 spiro atoms. The molecule has 88 valence electrons. The molecule has 1 nitrogen and oxygen atoms in total. The Balaban J connectivity index is 2.31. The van der Waals surface area contributed by atoms with Crippen molar-refractivity contribution in [1.82, 2.24) is 0 Å². The predicted octanol–water partition coefficient (Wildman–Crippen LogP) is 4.09. The van der Waals surface area contributed by atoms with E-state index in [1.807, 2.05) is 6.07 Å². The molecule has 0 fully saturated rings. The maximum atomic E-state index is 11.6. The Morgan fingerprint density at radius 3 is 2.75 bits per heavy atom. The van der Waals surface area contributed by atoms with Crippen LogP contribution in [0.5, 0.6) is 0 Å². The topological polar surface area (TPSA) is 17.1 Å². The first kappa shape index (κ1) is 13.3. The third kappa shape index (κ3) is 5.36. The van der Waals surface area contributed by atoms with Gasteiger partial charge in [0.15, 0.2) is 0 Å². The molecule has 0 aliphatic carbocycles. The van der Waals surface area contributed by atoms with Crippen LogP contribution in [0.1, 0.15) is 32.3 Å². The third-order valence-electron chi connectivity index (χ3n) is 2.39. The van der Waals surface area contributed by atoms with E-state index < -0.39 is 0 Å². The molecule has 0 N–H and O–H groups in total. The molecule has 1 aromatic carbocycles. The summed E-state index contributed by atoms with van der Waals surface area (Å²) in [6.07, 6.45) is 1.73. The highest BCUT2D eigenvalue weighted by atomic mass is 32.2. The molecule has 0 heterocycles. The second-order valence-electron chi connectivity index (χ2n) is 4.58. The Morgan fingerprint density at radius 1 is 1.38 bits per heavy atom. The molecule has 1 aromatic rings. The second-order valence-corrected chi connectivity index (χ2v) is 5.63. The fourth-order valence-electron chi connectivity index (χ4n) is 1.39. The molecule has 1 rings (SSSR count). The number of ketones is 1. The van der Waals surface area contributed by atoms with Gasteiger partial charge in [0.1, 0.15) is 5.78 Å². The summed E-state index contributed by atoms with van der Waals surface area (Å²) in [5.41, 5.74) is 1.25. The molecule has 0 aromatic heterocycles. The minimum absolute atomic E-state index is 0.361. The highest BCUT2D eigenvalue weighted by Gasteiger charge is 2.04. The quantitative estimate of drug-likeness (QED) is 0.692. The van der Waals surface area contributed by atoms with Crippen molar-refractivity contribution in [2.24, 2.45) is 5.92 Å². The molecule has 2 heteroatoms. The van der Waals surface area contributed by atoms with Crippen molar-refractivity contribution in [3.05, 3.63) is 29.8 Å². The fourth-order valence-corrected chi connectivity index (χ4v) is 2.31. The molecule has 0 unspecified atom stereocenters. The fraction of sp³-hybridized carbons (Fsp3) is 0.500. The van der Waals surface area contributed by atoms with Gasteiger partial charge in [0.25, 0.3) is 0 Å². The van der Waals surface area contributed by atoms with Crippen LogP contribution in [0.4, 0.5) is 0 Å². The van der Waals surface area contributed by atoms with Gasteiger partial charge in [-0.25, -0.2) is 0 Å². The smallest absolute Gasteiger partial charge is 0.143 e. The van der Waals surface area contributed by atoms with E-state index in [0.29, 0.717) is 17.5 Å². The first-order chi connectivity index (χ1) is 7.58. The van der Waals surface area contributed by atoms with Crippen LogP contribution in [0.15, 0.2) is 29.2 Å². The number of Topliss-reactive ketones (excluding diaryl/α,β-unsaturated/α-hetero) is 1. The Morgan fingerprint density at radius 2 is 2.12 bits per heavy atom. The van der Waals surface area contributed by atoms with Crippen molar-refractivity contribution in [3.63, 3.8) is 0 Å². The molecule has 0 saturated carbocycles. The Labute approximate surface area is 103 Å². The molecule has 0 saturated heterocycles. The summed E-state index contributed by atoms with van der Waals surface area (Å²) >= 11 is 1.64. The number of thioether (sulfide) groups is 1. The summed E-state index contributed by atoms with van der Waals surface area (Å²) < 4.78 is 0. The van der Waals surface area contributed by atoms with Crippen molar-refractivity contribution in [1.29, 1.82) is 0 Å². The highest BCUT2D eigenvalue weighted by molar-refractivity contribution is 8.00. The normalized spacial score (nSPS) is 10.8. The van der Waals surface area contributed by atoms with Gasteiger partial charge in [-0.3, -0.25) is 4.79 Å². The van der Waals surface area contributed by atoms with Crippen LogP contribution in [0.25, 0.3) is 0 Å². The first-order valence-corrected chi connectivity index (χ1v) is 6.77. The van der Waals surface area contributed by atoms with E-state index in [1.165, 1.54) is 10.5 Å². The molecule has 0 bridgehead atoms. The average Bonchev–Trinajstić information content (AvgIpc) is 2.23. The van der Waals surface area contributed by atoms with Gasteiger partial charge < -0.3 is 0 Å². The standard InChI is InChI=1S/C14H20OS/c1-11(2)7-8-13(15)10-16-14-6-4-5-12(3)9-14/h4-6,9,11H,7-8,10H2,1-3H3. The van der Waals surface area contributed by atoms with Gasteiger partial charge in [-0.2, -0.15) is 0 Å². The van der Waals surface area contributed by atoms with Crippen molar-refractivity contribution in [2.45, 2.75) is 38.5 Å². The van der Waals surface area contributed by atoms with E-state index in [4.69, 9.17) is 0 Å². The minimum atomic E-state index is 0.361. The van der Waals surface area contributed by atoms with Crippen LogP contribution >= 0.6 is 11.8 Å². The lowest BCUT2D eigenvalue weighted by Crippen LogP contribution is -2.03. The van der Waals surface area contributed by atoms with Gasteiger partial charge >= 0.3 is 0 Å².